The first-order chi connectivity index (χ1) is 10.2. The van der Waals surface area contributed by atoms with Gasteiger partial charge in [-0.15, -0.1) is 0 Å². The van der Waals surface area contributed by atoms with Crippen molar-refractivity contribution in [2.45, 2.75) is 13.0 Å². The van der Waals surface area contributed by atoms with Crippen LogP contribution >= 0.6 is 22.6 Å². The van der Waals surface area contributed by atoms with Crippen LogP contribution in [0.2, 0.25) is 0 Å². The largest absolute Gasteiger partial charge is 0.377 e. The van der Waals surface area contributed by atoms with Gasteiger partial charge in [-0.05, 0) is 59.3 Å². The maximum atomic E-state index is 4.44. The van der Waals surface area contributed by atoms with Crippen LogP contribution in [0.4, 0.5) is 5.69 Å². The fourth-order valence-corrected chi connectivity index (χ4v) is 2.46. The van der Waals surface area contributed by atoms with Crippen molar-refractivity contribution in [2.75, 3.05) is 5.32 Å². The lowest BCUT2D eigenvalue weighted by atomic mass is 10.1. The topological polar surface area (TPSA) is 42.7 Å². The van der Waals surface area contributed by atoms with Crippen LogP contribution in [0.3, 0.4) is 0 Å². The minimum Gasteiger partial charge on any atom is -0.377 e. The molecule has 1 atom stereocenters. The molecule has 106 valence electrons. The third kappa shape index (κ3) is 3.41. The molecule has 0 saturated heterocycles. The van der Waals surface area contributed by atoms with Gasteiger partial charge < -0.3 is 5.32 Å². The highest BCUT2D eigenvalue weighted by Gasteiger charge is 2.05. The first-order valence-corrected chi connectivity index (χ1v) is 7.76. The Labute approximate surface area is 137 Å². The second-order valence-electron chi connectivity index (χ2n) is 4.79. The van der Waals surface area contributed by atoms with Gasteiger partial charge in [0.05, 0.1) is 11.9 Å². The van der Waals surface area contributed by atoms with Crippen molar-refractivity contribution in [1.82, 2.24) is 14.5 Å². The molecule has 5 heteroatoms. The molecule has 0 bridgehead atoms. The Balaban J connectivity index is 1.71. The molecule has 2 heterocycles. The Hall–Kier alpha value is -1.89. The van der Waals surface area contributed by atoms with Crippen LogP contribution in [0.5, 0.6) is 0 Å². The quantitative estimate of drug-likeness (QED) is 0.684. The molecule has 1 aromatic carbocycles. The van der Waals surface area contributed by atoms with Crippen LogP contribution in [-0.2, 0) is 0 Å². The molecule has 1 unspecified atom stereocenters. The SMILES string of the molecule is CC(Nc1ccc(-n2ccnc2)nc1)c1ccc(I)cc1. The number of hydrogen-bond acceptors (Lipinski definition) is 3. The summed E-state index contributed by atoms with van der Waals surface area (Å²) < 4.78 is 3.13. The number of nitrogens with one attached hydrogen (secondary N) is 1. The Morgan fingerprint density at radius 1 is 1.14 bits per heavy atom. The number of halogens is 1. The highest BCUT2D eigenvalue weighted by atomic mass is 127. The third-order valence-corrected chi connectivity index (χ3v) is 3.99. The summed E-state index contributed by atoms with van der Waals surface area (Å²) in [5.41, 5.74) is 2.26. The summed E-state index contributed by atoms with van der Waals surface area (Å²) in [4.78, 5) is 8.46. The predicted molar refractivity (Wildman–Crippen MR) is 92.6 cm³/mol. The zero-order chi connectivity index (χ0) is 14.7. The number of aromatic nitrogens is 3. The van der Waals surface area contributed by atoms with Crippen molar-refractivity contribution in [3.05, 3.63) is 70.4 Å². The summed E-state index contributed by atoms with van der Waals surface area (Å²) in [6, 6.07) is 12.8. The van der Waals surface area contributed by atoms with Gasteiger partial charge in [-0.25, -0.2) is 9.97 Å². The molecule has 0 saturated carbocycles. The van der Waals surface area contributed by atoms with Crippen molar-refractivity contribution >= 4 is 28.3 Å². The van der Waals surface area contributed by atoms with E-state index in [4.69, 9.17) is 0 Å². The second kappa shape index (κ2) is 6.26. The maximum absolute atomic E-state index is 4.44. The van der Waals surface area contributed by atoms with Gasteiger partial charge in [-0.2, -0.15) is 0 Å². The van der Waals surface area contributed by atoms with Crippen LogP contribution in [-0.4, -0.2) is 14.5 Å². The van der Waals surface area contributed by atoms with Crippen LogP contribution in [0, 0.1) is 3.57 Å². The van der Waals surface area contributed by atoms with E-state index in [0.29, 0.717) is 0 Å². The predicted octanol–water partition coefficient (Wildman–Crippen LogP) is 4.05. The molecule has 0 spiro atoms. The van der Waals surface area contributed by atoms with E-state index in [1.807, 2.05) is 29.1 Å². The van der Waals surface area contributed by atoms with Crippen LogP contribution in [0.1, 0.15) is 18.5 Å². The first kappa shape index (κ1) is 14.1. The standard InChI is InChI=1S/C16H15IN4/c1-12(13-2-4-14(17)5-3-13)20-15-6-7-16(19-10-15)21-9-8-18-11-21/h2-12,20H,1H3. The molecule has 0 aliphatic carbocycles. The van der Waals surface area contributed by atoms with Crippen LogP contribution in [0.25, 0.3) is 5.82 Å². The van der Waals surface area contributed by atoms with E-state index in [0.717, 1.165) is 11.5 Å². The van der Waals surface area contributed by atoms with Gasteiger partial charge in [0.15, 0.2) is 0 Å². The van der Waals surface area contributed by atoms with Gasteiger partial charge in [-0.3, -0.25) is 4.57 Å². The zero-order valence-corrected chi connectivity index (χ0v) is 13.7. The van der Waals surface area contributed by atoms with E-state index in [2.05, 4.69) is 69.1 Å². The minimum atomic E-state index is 0.239. The van der Waals surface area contributed by atoms with Crippen molar-refractivity contribution in [3.8, 4) is 5.82 Å². The molecular formula is C16H15IN4. The molecule has 2 aromatic heterocycles. The summed E-state index contributed by atoms with van der Waals surface area (Å²) in [5.74, 6) is 0.861. The van der Waals surface area contributed by atoms with Crippen molar-refractivity contribution in [1.29, 1.82) is 0 Å². The fourth-order valence-electron chi connectivity index (χ4n) is 2.10. The normalized spacial score (nSPS) is 12.1. The summed E-state index contributed by atoms with van der Waals surface area (Å²) in [7, 11) is 0. The molecule has 1 N–H and O–H groups in total. The van der Waals surface area contributed by atoms with Gasteiger partial charge in [0, 0.05) is 22.0 Å². The van der Waals surface area contributed by atoms with Gasteiger partial charge in [-0.1, -0.05) is 12.1 Å². The Bertz CT molecular complexity index is 690. The average Bonchev–Trinajstić information content (AvgIpc) is 3.03. The number of rotatable bonds is 4. The molecular weight excluding hydrogens is 375 g/mol. The molecule has 3 rings (SSSR count). The van der Waals surface area contributed by atoms with Gasteiger partial charge >= 0.3 is 0 Å². The highest BCUT2D eigenvalue weighted by Crippen LogP contribution is 2.20. The van der Waals surface area contributed by atoms with E-state index in [9.17, 15) is 0 Å². The lowest BCUT2D eigenvalue weighted by Crippen LogP contribution is -2.07. The number of benzene rings is 1. The number of nitrogens with zero attached hydrogens (tertiary/aromatic N) is 3. The van der Waals surface area contributed by atoms with E-state index in [1.54, 1.807) is 12.5 Å². The molecule has 0 fully saturated rings. The van der Waals surface area contributed by atoms with Crippen molar-refractivity contribution < 1.29 is 0 Å². The molecule has 3 aromatic rings. The van der Waals surface area contributed by atoms with E-state index < -0.39 is 0 Å². The lowest BCUT2D eigenvalue weighted by molar-refractivity contribution is 0.880. The van der Waals surface area contributed by atoms with E-state index >= 15 is 0 Å². The number of hydrogen-bond donors (Lipinski definition) is 1. The third-order valence-electron chi connectivity index (χ3n) is 3.27. The number of pyridine rings is 1. The molecule has 21 heavy (non-hydrogen) atoms. The van der Waals surface area contributed by atoms with Gasteiger partial charge in [0.2, 0.25) is 0 Å². The van der Waals surface area contributed by atoms with Gasteiger partial charge in [0.1, 0.15) is 12.1 Å². The molecule has 4 nitrogen and oxygen atoms in total. The maximum Gasteiger partial charge on any atom is 0.137 e. The minimum absolute atomic E-state index is 0.239. The number of imidazole rings is 1. The summed E-state index contributed by atoms with van der Waals surface area (Å²) in [6.07, 6.45) is 7.21. The monoisotopic (exact) mass is 390 g/mol. The van der Waals surface area contributed by atoms with Crippen LogP contribution in [0.15, 0.2) is 61.3 Å². The first-order valence-electron chi connectivity index (χ1n) is 6.69. The van der Waals surface area contributed by atoms with Crippen molar-refractivity contribution in [3.63, 3.8) is 0 Å². The number of anilines is 1. The van der Waals surface area contributed by atoms with E-state index in [1.165, 1.54) is 9.13 Å². The van der Waals surface area contributed by atoms with Crippen molar-refractivity contribution in [2.24, 2.45) is 0 Å². The van der Waals surface area contributed by atoms with E-state index in [-0.39, 0.29) is 6.04 Å². The smallest absolute Gasteiger partial charge is 0.137 e. The Kier molecular flexibility index (Phi) is 4.19. The fraction of sp³-hybridized carbons (Fsp3) is 0.125. The van der Waals surface area contributed by atoms with Crippen LogP contribution < -0.4 is 5.32 Å². The molecule has 0 aliphatic rings. The molecule has 0 radical (unpaired) electrons. The summed E-state index contributed by atoms with van der Waals surface area (Å²) in [5, 5.41) is 3.46. The Morgan fingerprint density at radius 2 is 1.95 bits per heavy atom. The lowest BCUT2D eigenvalue weighted by Gasteiger charge is -2.15. The summed E-state index contributed by atoms with van der Waals surface area (Å²) in [6.45, 7) is 2.14. The average molecular weight is 390 g/mol. The van der Waals surface area contributed by atoms with Gasteiger partial charge in [0.25, 0.3) is 0 Å². The highest BCUT2D eigenvalue weighted by molar-refractivity contribution is 14.1. The summed E-state index contributed by atoms with van der Waals surface area (Å²) >= 11 is 2.31. The zero-order valence-electron chi connectivity index (χ0n) is 11.6. The Morgan fingerprint density at radius 3 is 2.57 bits per heavy atom. The second-order valence-corrected chi connectivity index (χ2v) is 6.04. The molecule has 0 amide bonds. The molecule has 0 aliphatic heterocycles.